The lowest BCUT2D eigenvalue weighted by Gasteiger charge is -2.13. The molecule has 0 spiro atoms. The molecule has 1 aromatic heterocycles. The highest BCUT2D eigenvalue weighted by atomic mass is 32.2. The van der Waals surface area contributed by atoms with Crippen molar-refractivity contribution in [1.82, 2.24) is 25.5 Å². The van der Waals surface area contributed by atoms with E-state index in [1.807, 2.05) is 32.0 Å². The van der Waals surface area contributed by atoms with Gasteiger partial charge in [0.1, 0.15) is 5.82 Å². The summed E-state index contributed by atoms with van der Waals surface area (Å²) in [6.45, 7) is 6.65. The molecule has 1 amide bonds. The average molecular weight is 449 g/mol. The van der Waals surface area contributed by atoms with Crippen LogP contribution in [0.5, 0.6) is 0 Å². The van der Waals surface area contributed by atoms with Crippen molar-refractivity contribution in [2.45, 2.75) is 45.7 Å². The number of guanidine groups is 1. The van der Waals surface area contributed by atoms with Crippen LogP contribution in [0, 0.1) is 6.92 Å². The first kappa shape index (κ1) is 23.1. The fourth-order valence-electron chi connectivity index (χ4n) is 3.74. The molecule has 3 rings (SSSR count). The molecular formula is C21H32N6O3S. The van der Waals surface area contributed by atoms with Gasteiger partial charge in [-0.3, -0.25) is 9.79 Å². The molecule has 1 aliphatic rings. The molecule has 1 unspecified atom stereocenters. The fraction of sp³-hybridized carbons (Fsp3) is 0.571. The van der Waals surface area contributed by atoms with Gasteiger partial charge in [0, 0.05) is 38.6 Å². The van der Waals surface area contributed by atoms with Gasteiger partial charge in [-0.1, -0.05) is 12.1 Å². The Morgan fingerprint density at radius 1 is 1.29 bits per heavy atom. The number of aromatic nitrogens is 2. The lowest BCUT2D eigenvalue weighted by molar-refractivity contribution is -0.121. The lowest BCUT2D eigenvalue weighted by Crippen LogP contribution is -2.41. The summed E-state index contributed by atoms with van der Waals surface area (Å²) in [6.07, 6.45) is 1.63. The van der Waals surface area contributed by atoms with E-state index >= 15 is 0 Å². The van der Waals surface area contributed by atoms with Gasteiger partial charge in [-0.05, 0) is 38.8 Å². The summed E-state index contributed by atoms with van der Waals surface area (Å²) in [7, 11) is -2.99. The Morgan fingerprint density at radius 2 is 2.10 bits per heavy atom. The molecule has 170 valence electrons. The third-order valence-electron chi connectivity index (χ3n) is 5.24. The first-order valence-corrected chi connectivity index (χ1v) is 12.6. The topological polar surface area (TPSA) is 117 Å². The molecule has 2 aromatic rings. The van der Waals surface area contributed by atoms with Crippen LogP contribution in [0.2, 0.25) is 0 Å². The number of para-hydroxylation sites is 2. The van der Waals surface area contributed by atoms with Gasteiger partial charge >= 0.3 is 0 Å². The number of carbonyl (C=O) groups is 1. The van der Waals surface area contributed by atoms with E-state index in [0.29, 0.717) is 25.5 Å². The van der Waals surface area contributed by atoms with Crippen LogP contribution in [0.25, 0.3) is 11.0 Å². The Labute approximate surface area is 183 Å². The molecule has 1 atom stereocenters. The molecule has 2 heterocycles. The highest BCUT2D eigenvalue weighted by Gasteiger charge is 2.28. The van der Waals surface area contributed by atoms with Crippen LogP contribution < -0.4 is 16.0 Å². The summed E-state index contributed by atoms with van der Waals surface area (Å²) in [5.41, 5.74) is 2.14. The van der Waals surface area contributed by atoms with Crippen LogP contribution in [0.15, 0.2) is 29.3 Å². The van der Waals surface area contributed by atoms with E-state index in [2.05, 4.69) is 36.6 Å². The number of carbonyl (C=O) groups excluding carboxylic acids is 1. The van der Waals surface area contributed by atoms with Crippen molar-refractivity contribution in [3.63, 3.8) is 0 Å². The minimum atomic E-state index is -2.99. The van der Waals surface area contributed by atoms with Crippen molar-refractivity contribution in [2.24, 2.45) is 4.99 Å². The molecule has 10 heteroatoms. The number of hydrogen-bond acceptors (Lipinski definition) is 5. The molecule has 9 nitrogen and oxygen atoms in total. The molecule has 1 saturated heterocycles. The largest absolute Gasteiger partial charge is 0.357 e. The van der Waals surface area contributed by atoms with Gasteiger partial charge in [-0.15, -0.1) is 0 Å². The zero-order chi connectivity index (χ0) is 22.3. The number of aliphatic imine (C=N–C) groups is 1. The fourth-order valence-corrected chi connectivity index (χ4v) is 5.42. The summed E-state index contributed by atoms with van der Waals surface area (Å²) in [6, 6.07) is 7.85. The van der Waals surface area contributed by atoms with Crippen LogP contribution >= 0.6 is 0 Å². The van der Waals surface area contributed by atoms with E-state index in [4.69, 9.17) is 0 Å². The van der Waals surface area contributed by atoms with Crippen LogP contribution in [-0.2, 0) is 21.2 Å². The molecule has 0 bridgehead atoms. The normalized spacial score (nSPS) is 18.3. The van der Waals surface area contributed by atoms with Gasteiger partial charge < -0.3 is 20.5 Å². The van der Waals surface area contributed by atoms with Crippen LogP contribution in [0.1, 0.15) is 32.0 Å². The molecule has 1 aromatic carbocycles. The number of fused-ring (bicyclic) bond motifs is 1. The van der Waals surface area contributed by atoms with Crippen LogP contribution in [0.3, 0.4) is 0 Å². The standard InChI is InChI=1S/C21H32N6O3S/c1-3-22-21(24-12-9-20(28)26-17-10-14-31(29,30)15-17)23-11-6-13-27-16(2)25-18-7-4-5-8-19(18)27/h4-5,7-8,17H,3,6,9-15H2,1-2H3,(H,26,28)(H2,22,23,24). The maximum atomic E-state index is 12.1. The van der Waals surface area contributed by atoms with Crippen molar-refractivity contribution >= 4 is 32.7 Å². The van der Waals surface area contributed by atoms with Gasteiger partial charge in [-0.2, -0.15) is 0 Å². The number of amides is 1. The van der Waals surface area contributed by atoms with Crippen molar-refractivity contribution in [3.8, 4) is 0 Å². The quantitative estimate of drug-likeness (QED) is 0.299. The monoisotopic (exact) mass is 448 g/mol. The lowest BCUT2D eigenvalue weighted by atomic mass is 10.2. The van der Waals surface area contributed by atoms with E-state index in [0.717, 1.165) is 36.4 Å². The zero-order valence-electron chi connectivity index (χ0n) is 18.2. The third kappa shape index (κ3) is 6.68. The van der Waals surface area contributed by atoms with Crippen molar-refractivity contribution < 1.29 is 13.2 Å². The number of nitrogens with zero attached hydrogens (tertiary/aromatic N) is 3. The first-order chi connectivity index (χ1) is 14.9. The average Bonchev–Trinajstić information content (AvgIpc) is 3.22. The van der Waals surface area contributed by atoms with Gasteiger partial charge in [0.15, 0.2) is 15.8 Å². The van der Waals surface area contributed by atoms with Gasteiger partial charge in [-0.25, -0.2) is 13.4 Å². The maximum Gasteiger partial charge on any atom is 0.222 e. The molecular weight excluding hydrogens is 416 g/mol. The minimum absolute atomic E-state index is 0.0436. The molecule has 0 saturated carbocycles. The van der Waals surface area contributed by atoms with Crippen LogP contribution in [0.4, 0.5) is 0 Å². The van der Waals surface area contributed by atoms with E-state index < -0.39 is 9.84 Å². The number of sulfone groups is 1. The molecule has 31 heavy (non-hydrogen) atoms. The van der Waals surface area contributed by atoms with E-state index in [1.165, 1.54) is 0 Å². The predicted molar refractivity (Wildman–Crippen MR) is 123 cm³/mol. The Balaban J connectivity index is 1.42. The maximum absolute atomic E-state index is 12.1. The highest BCUT2D eigenvalue weighted by Crippen LogP contribution is 2.15. The van der Waals surface area contributed by atoms with E-state index in [-0.39, 0.29) is 29.9 Å². The first-order valence-electron chi connectivity index (χ1n) is 10.8. The van der Waals surface area contributed by atoms with Gasteiger partial charge in [0.25, 0.3) is 0 Å². The predicted octanol–water partition coefficient (Wildman–Crippen LogP) is 0.983. The minimum Gasteiger partial charge on any atom is -0.357 e. The summed E-state index contributed by atoms with van der Waals surface area (Å²) in [5, 5.41) is 9.15. The number of benzene rings is 1. The second-order valence-corrected chi connectivity index (χ2v) is 9.99. The van der Waals surface area contributed by atoms with Gasteiger partial charge in [0.05, 0.1) is 22.5 Å². The number of hydrogen-bond donors (Lipinski definition) is 3. The van der Waals surface area contributed by atoms with Gasteiger partial charge in [0.2, 0.25) is 5.91 Å². The molecule has 1 fully saturated rings. The number of aryl methyl sites for hydroxylation is 2. The highest BCUT2D eigenvalue weighted by molar-refractivity contribution is 7.91. The van der Waals surface area contributed by atoms with Crippen molar-refractivity contribution in [2.75, 3.05) is 31.1 Å². The molecule has 1 aliphatic heterocycles. The number of imidazole rings is 1. The summed E-state index contributed by atoms with van der Waals surface area (Å²) in [5.74, 6) is 1.72. The molecule has 0 aliphatic carbocycles. The number of rotatable bonds is 9. The second kappa shape index (κ2) is 10.6. The molecule has 0 radical (unpaired) electrons. The summed E-state index contributed by atoms with van der Waals surface area (Å²) in [4.78, 5) is 21.2. The Morgan fingerprint density at radius 3 is 2.84 bits per heavy atom. The Bertz CT molecular complexity index is 1030. The summed E-state index contributed by atoms with van der Waals surface area (Å²) < 4.78 is 25.2. The third-order valence-corrected chi connectivity index (χ3v) is 7.01. The van der Waals surface area contributed by atoms with Crippen molar-refractivity contribution in [1.29, 1.82) is 0 Å². The van der Waals surface area contributed by atoms with Crippen LogP contribution in [-0.4, -0.2) is 67.0 Å². The smallest absolute Gasteiger partial charge is 0.222 e. The van der Waals surface area contributed by atoms with Crippen molar-refractivity contribution in [3.05, 3.63) is 30.1 Å². The molecule has 3 N–H and O–H groups in total. The summed E-state index contributed by atoms with van der Waals surface area (Å²) >= 11 is 0. The second-order valence-electron chi connectivity index (χ2n) is 7.76. The SMILES string of the molecule is CCNC(=NCCCn1c(C)nc2ccccc21)NCCC(=O)NC1CCS(=O)(=O)C1. The van der Waals surface area contributed by atoms with E-state index in [9.17, 15) is 13.2 Å². The Kier molecular flexibility index (Phi) is 7.89. The van der Waals surface area contributed by atoms with E-state index in [1.54, 1.807) is 0 Å². The zero-order valence-corrected chi connectivity index (χ0v) is 19.0. The number of nitrogens with one attached hydrogen (secondary N) is 3. The Hall–Kier alpha value is -2.62.